The second-order valence-corrected chi connectivity index (χ2v) is 10.3. The molecule has 1 fully saturated rings. The van der Waals surface area contributed by atoms with Crippen LogP contribution in [-0.2, 0) is 21.6 Å². The first-order valence-electron chi connectivity index (χ1n) is 11.7. The van der Waals surface area contributed by atoms with Gasteiger partial charge >= 0.3 is 12.2 Å². The number of benzene rings is 2. The van der Waals surface area contributed by atoms with Crippen molar-refractivity contribution in [1.82, 2.24) is 10.2 Å². The summed E-state index contributed by atoms with van der Waals surface area (Å²) in [5.41, 5.74) is 1.74. The van der Waals surface area contributed by atoms with Crippen LogP contribution < -0.4 is 16.0 Å². The van der Waals surface area contributed by atoms with Crippen molar-refractivity contribution in [2.75, 3.05) is 23.7 Å². The lowest BCUT2D eigenvalue weighted by atomic mass is 9.90. The largest absolute Gasteiger partial charge is 0.465 e. The van der Waals surface area contributed by atoms with Crippen LogP contribution in [0.5, 0.6) is 0 Å². The third kappa shape index (κ3) is 5.29. The molecule has 0 saturated carbocycles. The molecule has 1 spiro atoms. The van der Waals surface area contributed by atoms with Gasteiger partial charge in [0.05, 0.1) is 12.2 Å². The van der Waals surface area contributed by atoms with Crippen LogP contribution in [0.1, 0.15) is 27.9 Å². The predicted octanol–water partition coefficient (Wildman–Crippen LogP) is 4.52. The maximum Gasteiger partial charge on any atom is 0.412 e. The van der Waals surface area contributed by atoms with E-state index in [1.807, 2.05) is 16.8 Å². The number of ether oxygens (including phenoxy) is 1. The van der Waals surface area contributed by atoms with E-state index in [1.165, 1.54) is 35.6 Å². The molecule has 0 aliphatic carbocycles. The quantitative estimate of drug-likeness (QED) is 0.353. The standard InChI is InChI=1S/C26H23ClN4O6S/c27-17-3-6-20-19(12-17)26(37-25(36)30-20)8-9-31(14-26)23(33)21(11-15-7-10-38-13-15)29-22(32)16-1-4-18(5-2-16)28-24(34)35/h1-7,10,12-13,21,28H,8-9,11,14H2,(H,29,32)(H,30,36)(H,34,35)/t21-,26?/m0/s1. The van der Waals surface area contributed by atoms with Crippen molar-refractivity contribution >= 4 is 58.3 Å². The van der Waals surface area contributed by atoms with Gasteiger partial charge in [-0.15, -0.1) is 0 Å². The fraction of sp³-hybridized carbons (Fsp3) is 0.231. The van der Waals surface area contributed by atoms with Crippen LogP contribution in [-0.4, -0.2) is 53.1 Å². The third-order valence-electron chi connectivity index (χ3n) is 6.56. The van der Waals surface area contributed by atoms with E-state index in [1.54, 1.807) is 23.1 Å². The minimum Gasteiger partial charge on any atom is -0.465 e. The maximum atomic E-state index is 13.8. The van der Waals surface area contributed by atoms with Gasteiger partial charge in [-0.3, -0.25) is 20.2 Å². The number of rotatable bonds is 6. The lowest BCUT2D eigenvalue weighted by Gasteiger charge is -2.35. The van der Waals surface area contributed by atoms with Gasteiger partial charge in [0, 0.05) is 41.2 Å². The van der Waals surface area contributed by atoms with Crippen molar-refractivity contribution in [2.24, 2.45) is 0 Å². The average Bonchev–Trinajstić information content (AvgIpc) is 3.54. The average molecular weight is 555 g/mol. The highest BCUT2D eigenvalue weighted by atomic mass is 35.5. The van der Waals surface area contributed by atoms with Crippen molar-refractivity contribution in [3.05, 3.63) is 81.0 Å². The van der Waals surface area contributed by atoms with Gasteiger partial charge in [-0.25, -0.2) is 9.59 Å². The number of halogens is 1. The number of amides is 4. The van der Waals surface area contributed by atoms with Gasteiger partial charge in [-0.1, -0.05) is 11.6 Å². The number of carbonyl (C=O) groups is 4. The lowest BCUT2D eigenvalue weighted by molar-refractivity contribution is -0.133. The molecule has 4 N–H and O–H groups in total. The molecule has 0 bridgehead atoms. The molecule has 12 heteroatoms. The van der Waals surface area contributed by atoms with E-state index in [0.29, 0.717) is 34.9 Å². The Balaban J connectivity index is 1.36. The summed E-state index contributed by atoms with van der Waals surface area (Å²) in [6.07, 6.45) is -1.15. The number of fused-ring (bicyclic) bond motifs is 2. The molecule has 38 heavy (non-hydrogen) atoms. The van der Waals surface area contributed by atoms with Gasteiger partial charge in [-0.05, 0) is 64.9 Å². The summed E-state index contributed by atoms with van der Waals surface area (Å²) in [5, 5.41) is 20.9. The number of hydrogen-bond acceptors (Lipinski definition) is 6. The van der Waals surface area contributed by atoms with Crippen molar-refractivity contribution in [3.63, 3.8) is 0 Å². The molecule has 3 heterocycles. The van der Waals surface area contributed by atoms with Crippen LogP contribution in [0.15, 0.2) is 59.3 Å². The van der Waals surface area contributed by atoms with Crippen molar-refractivity contribution in [1.29, 1.82) is 0 Å². The zero-order valence-electron chi connectivity index (χ0n) is 19.9. The second-order valence-electron chi connectivity index (χ2n) is 9.08. The first-order valence-corrected chi connectivity index (χ1v) is 13.1. The van der Waals surface area contributed by atoms with E-state index < -0.39 is 29.7 Å². The second kappa shape index (κ2) is 10.3. The minimum atomic E-state index is -1.21. The summed E-state index contributed by atoms with van der Waals surface area (Å²) in [4.78, 5) is 51.6. The molecular formula is C26H23ClN4O6S. The number of nitrogens with one attached hydrogen (secondary N) is 3. The highest BCUT2D eigenvalue weighted by Gasteiger charge is 2.49. The number of hydrogen-bond donors (Lipinski definition) is 4. The number of anilines is 2. The van der Waals surface area contributed by atoms with Crippen LogP contribution in [0.2, 0.25) is 5.02 Å². The highest BCUT2D eigenvalue weighted by molar-refractivity contribution is 7.07. The summed E-state index contributed by atoms with van der Waals surface area (Å²) in [5.74, 6) is -0.775. The Labute approximate surface area is 226 Å². The van der Waals surface area contributed by atoms with Crippen molar-refractivity contribution < 1.29 is 29.0 Å². The Kier molecular flexibility index (Phi) is 6.96. The Hall–Kier alpha value is -4.09. The van der Waals surface area contributed by atoms with Crippen LogP contribution in [0.25, 0.3) is 0 Å². The van der Waals surface area contributed by atoms with E-state index >= 15 is 0 Å². The molecule has 1 saturated heterocycles. The molecule has 2 atom stereocenters. The zero-order valence-corrected chi connectivity index (χ0v) is 21.5. The molecule has 1 aromatic heterocycles. The molecule has 2 aliphatic heterocycles. The minimum absolute atomic E-state index is 0.123. The lowest BCUT2D eigenvalue weighted by Crippen LogP contribution is -2.50. The van der Waals surface area contributed by atoms with E-state index in [2.05, 4.69) is 16.0 Å². The molecule has 196 valence electrons. The molecule has 4 amide bonds. The summed E-state index contributed by atoms with van der Waals surface area (Å²) >= 11 is 7.71. The van der Waals surface area contributed by atoms with Crippen LogP contribution >= 0.6 is 22.9 Å². The SMILES string of the molecule is O=C(O)Nc1ccc(C(=O)N[C@@H](Cc2ccsc2)C(=O)N2CCC3(C2)OC(=O)Nc2ccc(Cl)cc23)cc1. The smallest absolute Gasteiger partial charge is 0.412 e. The van der Waals surface area contributed by atoms with E-state index in [0.717, 1.165) is 5.56 Å². The van der Waals surface area contributed by atoms with Crippen LogP contribution in [0, 0.1) is 0 Å². The van der Waals surface area contributed by atoms with E-state index in [9.17, 15) is 19.2 Å². The summed E-state index contributed by atoms with van der Waals surface area (Å²) in [6.45, 7) is 0.446. The van der Waals surface area contributed by atoms with Crippen LogP contribution in [0.4, 0.5) is 21.0 Å². The van der Waals surface area contributed by atoms with Gasteiger partial charge in [0.1, 0.15) is 6.04 Å². The number of thiophene rings is 1. The van der Waals surface area contributed by atoms with Gasteiger partial charge in [0.15, 0.2) is 5.60 Å². The topological polar surface area (TPSA) is 137 Å². The molecule has 3 aromatic rings. The molecule has 5 rings (SSSR count). The van der Waals surface area contributed by atoms with Gasteiger partial charge in [0.2, 0.25) is 5.91 Å². The monoisotopic (exact) mass is 554 g/mol. The van der Waals surface area contributed by atoms with Gasteiger partial charge in [0.25, 0.3) is 5.91 Å². The maximum absolute atomic E-state index is 13.8. The summed E-state index contributed by atoms with van der Waals surface area (Å²) in [6, 6.07) is 12.0. The number of likely N-dealkylation sites (tertiary alicyclic amines) is 1. The number of carbonyl (C=O) groups excluding carboxylic acids is 3. The normalized spacial score (nSPS) is 18.8. The fourth-order valence-electron chi connectivity index (χ4n) is 4.78. The zero-order chi connectivity index (χ0) is 26.9. The molecule has 2 aliphatic rings. The Morgan fingerprint density at radius 3 is 2.68 bits per heavy atom. The van der Waals surface area contributed by atoms with Crippen LogP contribution in [0.3, 0.4) is 0 Å². The van der Waals surface area contributed by atoms with Crippen molar-refractivity contribution in [3.8, 4) is 0 Å². The number of carboxylic acid groups (broad SMARTS) is 1. The Morgan fingerprint density at radius 1 is 1.18 bits per heavy atom. The van der Waals surface area contributed by atoms with Crippen molar-refractivity contribution in [2.45, 2.75) is 24.5 Å². The third-order valence-corrected chi connectivity index (χ3v) is 7.53. The predicted molar refractivity (Wildman–Crippen MR) is 142 cm³/mol. The highest BCUT2D eigenvalue weighted by Crippen LogP contribution is 2.43. The van der Waals surface area contributed by atoms with Gasteiger partial charge < -0.3 is 20.1 Å². The first kappa shape index (κ1) is 25.6. The fourth-order valence-corrected chi connectivity index (χ4v) is 5.63. The molecule has 0 radical (unpaired) electrons. The van der Waals surface area contributed by atoms with Gasteiger partial charge in [-0.2, -0.15) is 11.3 Å². The van der Waals surface area contributed by atoms with E-state index in [-0.39, 0.29) is 24.4 Å². The molecule has 1 unspecified atom stereocenters. The summed E-state index contributed by atoms with van der Waals surface area (Å²) in [7, 11) is 0. The Morgan fingerprint density at radius 2 is 1.97 bits per heavy atom. The number of nitrogens with zero attached hydrogens (tertiary/aromatic N) is 1. The van der Waals surface area contributed by atoms with E-state index in [4.69, 9.17) is 21.4 Å². The first-order chi connectivity index (χ1) is 18.2. The molecule has 2 aromatic carbocycles. The molecular weight excluding hydrogens is 532 g/mol. The Bertz CT molecular complexity index is 1400. The summed E-state index contributed by atoms with van der Waals surface area (Å²) < 4.78 is 5.74. The molecule has 10 nitrogen and oxygen atoms in total.